The fraction of sp³-hybridized carbons (Fsp3) is 0.286. The normalized spacial score (nSPS) is 16.0. The standard InChI is InChI=1S/C21H22Cl2N2OS/c1-13(25-21(26)20-14(2)27-12-24-20)19(16-5-9-18(23)10-6-16)11-15-3-7-17(22)8-4-15/h3-10,13,19,24H,11-12H2,1-2H3,(H,25,26)/t13-,19+/m1/s1. The Morgan fingerprint density at radius 1 is 1.11 bits per heavy atom. The van der Waals surface area contributed by atoms with Gasteiger partial charge in [-0.15, -0.1) is 11.8 Å². The van der Waals surface area contributed by atoms with Gasteiger partial charge in [-0.3, -0.25) is 4.79 Å². The predicted octanol–water partition coefficient (Wildman–Crippen LogP) is 5.35. The molecule has 3 rings (SSSR count). The number of carbonyl (C=O) groups excluding carboxylic acids is 1. The van der Waals surface area contributed by atoms with Gasteiger partial charge in [-0.05, 0) is 55.7 Å². The molecule has 2 N–H and O–H groups in total. The first-order valence-corrected chi connectivity index (χ1v) is 10.6. The van der Waals surface area contributed by atoms with Crippen molar-refractivity contribution in [2.45, 2.75) is 32.2 Å². The summed E-state index contributed by atoms with van der Waals surface area (Å²) in [6.45, 7) is 4.01. The van der Waals surface area contributed by atoms with E-state index in [-0.39, 0.29) is 17.9 Å². The zero-order valence-corrected chi connectivity index (χ0v) is 17.6. The molecule has 0 unspecified atom stereocenters. The third kappa shape index (κ3) is 5.22. The van der Waals surface area contributed by atoms with E-state index in [4.69, 9.17) is 23.2 Å². The van der Waals surface area contributed by atoms with Crippen LogP contribution < -0.4 is 10.6 Å². The lowest BCUT2D eigenvalue weighted by Crippen LogP contribution is -2.40. The van der Waals surface area contributed by atoms with Crippen LogP contribution in [0.1, 0.15) is 30.9 Å². The van der Waals surface area contributed by atoms with Gasteiger partial charge in [0.1, 0.15) is 5.70 Å². The molecule has 0 aromatic heterocycles. The molecule has 1 aliphatic heterocycles. The second-order valence-electron chi connectivity index (χ2n) is 6.65. The second-order valence-corrected chi connectivity index (χ2v) is 8.71. The SMILES string of the molecule is CC1=C(C(=O)N[C@H](C)[C@H](Cc2ccc(Cl)cc2)c2ccc(Cl)cc2)NCS1. The molecule has 0 fully saturated rings. The highest BCUT2D eigenvalue weighted by Crippen LogP contribution is 2.28. The summed E-state index contributed by atoms with van der Waals surface area (Å²) in [6.07, 6.45) is 0.792. The van der Waals surface area contributed by atoms with Crippen LogP contribution in [0.5, 0.6) is 0 Å². The van der Waals surface area contributed by atoms with Crippen molar-refractivity contribution >= 4 is 40.9 Å². The van der Waals surface area contributed by atoms with E-state index >= 15 is 0 Å². The number of rotatable bonds is 6. The smallest absolute Gasteiger partial charge is 0.268 e. The molecule has 2 aromatic carbocycles. The molecule has 0 spiro atoms. The van der Waals surface area contributed by atoms with Crippen molar-refractivity contribution in [1.29, 1.82) is 0 Å². The van der Waals surface area contributed by atoms with Crippen LogP contribution in [-0.2, 0) is 11.2 Å². The number of hydrogen-bond donors (Lipinski definition) is 2. The van der Waals surface area contributed by atoms with Crippen LogP contribution in [0, 0.1) is 0 Å². The third-order valence-corrected chi connectivity index (χ3v) is 6.18. The number of halogens is 2. The van der Waals surface area contributed by atoms with Crippen molar-refractivity contribution in [3.63, 3.8) is 0 Å². The summed E-state index contributed by atoms with van der Waals surface area (Å²) in [5, 5.41) is 7.74. The summed E-state index contributed by atoms with van der Waals surface area (Å²) in [5.74, 6) is 0.802. The van der Waals surface area contributed by atoms with Crippen molar-refractivity contribution in [3.05, 3.63) is 80.3 Å². The van der Waals surface area contributed by atoms with E-state index in [1.165, 1.54) is 5.56 Å². The Morgan fingerprint density at radius 2 is 1.70 bits per heavy atom. The Hall–Kier alpha value is -1.62. The van der Waals surface area contributed by atoms with Crippen LogP contribution in [0.2, 0.25) is 10.0 Å². The maximum atomic E-state index is 12.7. The molecule has 6 heteroatoms. The van der Waals surface area contributed by atoms with E-state index in [1.54, 1.807) is 11.8 Å². The summed E-state index contributed by atoms with van der Waals surface area (Å²) < 4.78 is 0. The van der Waals surface area contributed by atoms with Gasteiger partial charge < -0.3 is 10.6 Å². The molecule has 2 aromatic rings. The molecule has 1 aliphatic rings. The fourth-order valence-corrected chi connectivity index (χ4v) is 4.19. The van der Waals surface area contributed by atoms with Crippen LogP contribution in [-0.4, -0.2) is 17.8 Å². The van der Waals surface area contributed by atoms with Crippen LogP contribution >= 0.6 is 35.0 Å². The summed E-state index contributed by atoms with van der Waals surface area (Å²) >= 11 is 13.7. The first kappa shape index (κ1) is 20.1. The number of benzene rings is 2. The zero-order valence-electron chi connectivity index (χ0n) is 15.3. The average molecular weight is 421 g/mol. The van der Waals surface area contributed by atoms with E-state index in [0.29, 0.717) is 10.7 Å². The van der Waals surface area contributed by atoms with Gasteiger partial charge >= 0.3 is 0 Å². The Bertz CT molecular complexity index is 834. The monoisotopic (exact) mass is 420 g/mol. The molecule has 27 heavy (non-hydrogen) atoms. The maximum Gasteiger partial charge on any atom is 0.268 e. The number of thioether (sulfide) groups is 1. The molecule has 0 saturated heterocycles. The van der Waals surface area contributed by atoms with E-state index in [9.17, 15) is 4.79 Å². The third-order valence-electron chi connectivity index (χ3n) is 4.75. The van der Waals surface area contributed by atoms with E-state index in [2.05, 4.69) is 10.6 Å². The molecule has 0 radical (unpaired) electrons. The molecule has 2 atom stereocenters. The largest absolute Gasteiger partial charge is 0.371 e. The zero-order chi connectivity index (χ0) is 19.4. The summed E-state index contributed by atoms with van der Waals surface area (Å²) in [6, 6.07) is 15.6. The highest BCUT2D eigenvalue weighted by atomic mass is 35.5. The van der Waals surface area contributed by atoms with Crippen molar-refractivity contribution in [2.75, 3.05) is 5.88 Å². The van der Waals surface area contributed by atoms with Crippen LogP contribution in [0.15, 0.2) is 59.1 Å². The van der Waals surface area contributed by atoms with E-state index < -0.39 is 0 Å². The topological polar surface area (TPSA) is 41.1 Å². The highest BCUT2D eigenvalue weighted by molar-refractivity contribution is 8.03. The van der Waals surface area contributed by atoms with Crippen molar-refractivity contribution < 1.29 is 4.79 Å². The molecule has 0 bridgehead atoms. The first-order chi connectivity index (χ1) is 12.9. The first-order valence-electron chi connectivity index (χ1n) is 8.82. The van der Waals surface area contributed by atoms with Gasteiger partial charge in [-0.25, -0.2) is 0 Å². The molecule has 1 amide bonds. The van der Waals surface area contributed by atoms with Gasteiger partial charge in [-0.2, -0.15) is 0 Å². The van der Waals surface area contributed by atoms with Gasteiger partial charge in [0.15, 0.2) is 0 Å². The van der Waals surface area contributed by atoms with Crippen LogP contribution in [0.4, 0.5) is 0 Å². The van der Waals surface area contributed by atoms with Crippen molar-refractivity contribution in [1.82, 2.24) is 10.6 Å². The quantitative estimate of drug-likeness (QED) is 0.661. The Labute approximate surface area is 174 Å². The van der Waals surface area contributed by atoms with Gasteiger partial charge in [0, 0.05) is 26.9 Å². The van der Waals surface area contributed by atoms with E-state index in [0.717, 1.165) is 27.8 Å². The average Bonchev–Trinajstić information content (AvgIpc) is 3.08. The lowest BCUT2D eigenvalue weighted by Gasteiger charge is -2.26. The molecular formula is C21H22Cl2N2OS. The number of nitrogens with one attached hydrogen (secondary N) is 2. The number of hydrogen-bond acceptors (Lipinski definition) is 3. The van der Waals surface area contributed by atoms with Crippen molar-refractivity contribution in [2.24, 2.45) is 0 Å². The van der Waals surface area contributed by atoms with E-state index in [1.807, 2.05) is 62.4 Å². The lowest BCUT2D eigenvalue weighted by molar-refractivity contribution is -0.118. The Kier molecular flexibility index (Phi) is 6.74. The number of carbonyl (C=O) groups is 1. The summed E-state index contributed by atoms with van der Waals surface area (Å²) in [5.41, 5.74) is 2.99. The van der Waals surface area contributed by atoms with Gasteiger partial charge in [0.05, 0.1) is 5.88 Å². The minimum atomic E-state index is -0.0555. The summed E-state index contributed by atoms with van der Waals surface area (Å²) in [7, 11) is 0. The lowest BCUT2D eigenvalue weighted by atomic mass is 9.86. The van der Waals surface area contributed by atoms with Gasteiger partial charge in [-0.1, -0.05) is 47.5 Å². The molecule has 3 nitrogen and oxygen atoms in total. The molecule has 0 aliphatic carbocycles. The molecule has 142 valence electrons. The highest BCUT2D eigenvalue weighted by Gasteiger charge is 2.25. The fourth-order valence-electron chi connectivity index (χ4n) is 3.20. The maximum absolute atomic E-state index is 12.7. The number of allylic oxidation sites excluding steroid dienone is 1. The van der Waals surface area contributed by atoms with Gasteiger partial charge in [0.2, 0.25) is 0 Å². The van der Waals surface area contributed by atoms with Crippen LogP contribution in [0.25, 0.3) is 0 Å². The summed E-state index contributed by atoms with van der Waals surface area (Å²) in [4.78, 5) is 13.7. The van der Waals surface area contributed by atoms with Crippen molar-refractivity contribution in [3.8, 4) is 0 Å². The molecular weight excluding hydrogens is 399 g/mol. The second kappa shape index (κ2) is 9.05. The Balaban J connectivity index is 1.81. The molecule has 0 saturated carbocycles. The predicted molar refractivity (Wildman–Crippen MR) is 115 cm³/mol. The Morgan fingerprint density at radius 3 is 2.26 bits per heavy atom. The minimum absolute atomic E-state index is 0.0537. The number of amides is 1. The van der Waals surface area contributed by atoms with Crippen LogP contribution in [0.3, 0.4) is 0 Å². The minimum Gasteiger partial charge on any atom is -0.371 e. The molecule has 1 heterocycles. The van der Waals surface area contributed by atoms with Gasteiger partial charge in [0.25, 0.3) is 5.91 Å².